The molecule has 1 saturated heterocycles. The molecule has 1 aliphatic rings. The van der Waals surface area contributed by atoms with Crippen molar-refractivity contribution in [2.24, 2.45) is 0 Å². The first-order valence-corrected chi connectivity index (χ1v) is 5.04. The Bertz CT molecular complexity index is 181. The van der Waals surface area contributed by atoms with Gasteiger partial charge in [0.2, 0.25) is 0 Å². The van der Waals surface area contributed by atoms with Gasteiger partial charge in [0.05, 0.1) is 13.2 Å². The highest BCUT2D eigenvalue weighted by Crippen LogP contribution is 2.42. The van der Waals surface area contributed by atoms with Crippen LogP contribution in [0.2, 0.25) is 0 Å². The van der Waals surface area contributed by atoms with Crippen LogP contribution in [0.25, 0.3) is 0 Å². The number of phosphoric acid groups is 1. The summed E-state index contributed by atoms with van der Waals surface area (Å²) in [7, 11) is -2.75. The summed E-state index contributed by atoms with van der Waals surface area (Å²) >= 11 is 0. The van der Waals surface area contributed by atoms with Crippen molar-refractivity contribution < 1.29 is 23.3 Å². The molecule has 1 aliphatic heterocycles. The third-order valence-electron chi connectivity index (χ3n) is 1.42. The van der Waals surface area contributed by atoms with Crippen LogP contribution in [-0.2, 0) is 18.5 Å². The summed E-state index contributed by atoms with van der Waals surface area (Å²) in [6.07, 6.45) is 0. The lowest BCUT2D eigenvalue weighted by Crippen LogP contribution is -2.35. The maximum Gasteiger partial charge on any atom is 0.488 e. The number of hydrogen-bond donors (Lipinski definition) is 1. The predicted octanol–water partition coefficient (Wildman–Crippen LogP) is -0.00300. The van der Waals surface area contributed by atoms with Crippen molar-refractivity contribution in [3.63, 3.8) is 0 Å². The first-order chi connectivity index (χ1) is 5.64. The van der Waals surface area contributed by atoms with E-state index < -0.39 is 7.82 Å². The van der Waals surface area contributed by atoms with Crippen LogP contribution < -0.4 is 0 Å². The third-order valence-corrected chi connectivity index (χ3v) is 2.32. The van der Waals surface area contributed by atoms with Gasteiger partial charge in [0.15, 0.2) is 0 Å². The van der Waals surface area contributed by atoms with Gasteiger partial charge in [-0.05, 0) is 0 Å². The molecule has 6 nitrogen and oxygen atoms in total. The first kappa shape index (κ1) is 10.1. The second kappa shape index (κ2) is 4.32. The summed E-state index contributed by atoms with van der Waals surface area (Å²) < 4.78 is 24.8. The number of morpholine rings is 1. The maximum atomic E-state index is 10.9. The van der Waals surface area contributed by atoms with Crippen molar-refractivity contribution in [3.8, 4) is 0 Å². The Morgan fingerprint density at radius 1 is 1.50 bits per heavy atom. The van der Waals surface area contributed by atoms with E-state index in [9.17, 15) is 4.57 Å². The molecule has 72 valence electrons. The van der Waals surface area contributed by atoms with Crippen molar-refractivity contribution in [2.75, 3.05) is 33.4 Å². The largest absolute Gasteiger partial charge is 0.488 e. The van der Waals surface area contributed by atoms with E-state index in [-0.39, 0.29) is 0 Å². The summed E-state index contributed by atoms with van der Waals surface area (Å²) in [5.41, 5.74) is 0. The third kappa shape index (κ3) is 3.18. The van der Waals surface area contributed by atoms with Crippen LogP contribution in [0.4, 0.5) is 0 Å². The molecule has 12 heavy (non-hydrogen) atoms. The molecule has 1 heterocycles. The monoisotopic (exact) mass is 197 g/mol. The van der Waals surface area contributed by atoms with E-state index in [2.05, 4.69) is 9.15 Å². The molecule has 1 N–H and O–H groups in total. The standard InChI is InChI=1S/C5H12NO5P/c1-9-12(7,8)11-6-2-4-10-5-3-6/h2-5H2,1H3,(H,7,8). The van der Waals surface area contributed by atoms with Crippen LogP contribution in [0.1, 0.15) is 0 Å². The second-order valence-corrected chi connectivity index (χ2v) is 3.74. The molecule has 1 rings (SSSR count). The van der Waals surface area contributed by atoms with Gasteiger partial charge in [-0.2, -0.15) is 9.69 Å². The molecule has 0 aromatic heterocycles. The quantitative estimate of drug-likeness (QED) is 0.642. The van der Waals surface area contributed by atoms with Crippen LogP contribution in [-0.4, -0.2) is 43.4 Å². The molecule has 1 atom stereocenters. The minimum Gasteiger partial charge on any atom is -0.379 e. The highest BCUT2D eigenvalue weighted by atomic mass is 31.2. The summed E-state index contributed by atoms with van der Waals surface area (Å²) in [5, 5.41) is 1.37. The molecule has 1 unspecified atom stereocenters. The van der Waals surface area contributed by atoms with Crippen LogP contribution in [0.3, 0.4) is 0 Å². The van der Waals surface area contributed by atoms with Crippen molar-refractivity contribution in [2.45, 2.75) is 0 Å². The van der Waals surface area contributed by atoms with E-state index in [1.807, 2.05) is 0 Å². The van der Waals surface area contributed by atoms with E-state index in [1.54, 1.807) is 0 Å². The molecule has 0 aliphatic carbocycles. The molecule has 1 fully saturated rings. The van der Waals surface area contributed by atoms with E-state index in [0.717, 1.165) is 7.11 Å². The molecular weight excluding hydrogens is 185 g/mol. The molecule has 0 radical (unpaired) electrons. The van der Waals surface area contributed by atoms with Crippen molar-refractivity contribution >= 4 is 7.82 Å². The fourth-order valence-electron chi connectivity index (χ4n) is 0.808. The van der Waals surface area contributed by atoms with Crippen molar-refractivity contribution in [1.82, 2.24) is 5.06 Å². The lowest BCUT2D eigenvalue weighted by Gasteiger charge is -2.26. The Kier molecular flexibility index (Phi) is 3.64. The van der Waals surface area contributed by atoms with Gasteiger partial charge in [-0.1, -0.05) is 0 Å². The fraction of sp³-hybridized carbons (Fsp3) is 1.00. The summed E-state index contributed by atoms with van der Waals surface area (Å²) in [6.45, 7) is 1.97. The first-order valence-electron chi connectivity index (χ1n) is 3.55. The topological polar surface area (TPSA) is 68.2 Å². The Hall–Kier alpha value is 0.0300. The van der Waals surface area contributed by atoms with Gasteiger partial charge >= 0.3 is 7.82 Å². The molecule has 0 bridgehead atoms. The molecular formula is C5H12NO5P. The normalized spacial score (nSPS) is 25.2. The van der Waals surface area contributed by atoms with Crippen molar-refractivity contribution in [1.29, 1.82) is 0 Å². The van der Waals surface area contributed by atoms with Gasteiger partial charge in [0.25, 0.3) is 0 Å². The molecule has 7 heteroatoms. The van der Waals surface area contributed by atoms with Gasteiger partial charge in [-0.25, -0.2) is 4.57 Å². The summed E-state index contributed by atoms with van der Waals surface area (Å²) in [6, 6.07) is 0. The van der Waals surface area contributed by atoms with Gasteiger partial charge in [-0.3, -0.25) is 4.52 Å². The number of ether oxygens (including phenoxy) is 1. The molecule has 0 saturated carbocycles. The molecule has 0 spiro atoms. The summed E-state index contributed by atoms with van der Waals surface area (Å²) in [5.74, 6) is 0. The van der Waals surface area contributed by atoms with Crippen LogP contribution in [0.5, 0.6) is 0 Å². The Labute approximate surface area is 70.6 Å². The highest BCUT2D eigenvalue weighted by Gasteiger charge is 2.24. The van der Waals surface area contributed by atoms with Gasteiger partial charge in [0, 0.05) is 20.2 Å². The maximum absolute atomic E-state index is 10.9. The Morgan fingerprint density at radius 3 is 2.58 bits per heavy atom. The molecule has 0 amide bonds. The van der Waals surface area contributed by atoms with Gasteiger partial charge < -0.3 is 9.63 Å². The number of rotatable bonds is 3. The summed E-state index contributed by atoms with van der Waals surface area (Å²) in [4.78, 5) is 8.90. The zero-order chi connectivity index (χ0) is 9.03. The molecule has 0 aromatic rings. The van der Waals surface area contributed by atoms with E-state index in [0.29, 0.717) is 26.3 Å². The average Bonchev–Trinajstić information content (AvgIpc) is 2.06. The van der Waals surface area contributed by atoms with Crippen LogP contribution >= 0.6 is 7.82 Å². The van der Waals surface area contributed by atoms with E-state index in [4.69, 9.17) is 9.63 Å². The second-order valence-electron chi connectivity index (χ2n) is 2.27. The van der Waals surface area contributed by atoms with Gasteiger partial charge in [-0.15, -0.1) is 0 Å². The number of phosphoric ester groups is 1. The lowest BCUT2D eigenvalue weighted by atomic mass is 10.5. The average molecular weight is 197 g/mol. The van der Waals surface area contributed by atoms with E-state index in [1.165, 1.54) is 5.06 Å². The highest BCUT2D eigenvalue weighted by molar-refractivity contribution is 7.47. The van der Waals surface area contributed by atoms with Gasteiger partial charge in [0.1, 0.15) is 0 Å². The number of hydroxylamine groups is 2. The van der Waals surface area contributed by atoms with Crippen LogP contribution in [0.15, 0.2) is 0 Å². The Morgan fingerprint density at radius 2 is 2.08 bits per heavy atom. The zero-order valence-corrected chi connectivity index (χ0v) is 7.70. The van der Waals surface area contributed by atoms with Crippen molar-refractivity contribution in [3.05, 3.63) is 0 Å². The molecule has 0 aromatic carbocycles. The number of nitrogens with zero attached hydrogens (tertiary/aromatic N) is 1. The predicted molar refractivity (Wildman–Crippen MR) is 40.3 cm³/mol. The fourth-order valence-corrected chi connectivity index (χ4v) is 1.33. The Balaban J connectivity index is 2.34. The van der Waals surface area contributed by atoms with Crippen LogP contribution in [0, 0.1) is 0 Å². The van der Waals surface area contributed by atoms with E-state index >= 15 is 0 Å². The SMILES string of the molecule is COP(=O)(O)ON1CCOCC1. The smallest absolute Gasteiger partial charge is 0.379 e. The minimum absolute atomic E-state index is 0.480. The zero-order valence-electron chi connectivity index (χ0n) is 6.80. The lowest BCUT2D eigenvalue weighted by molar-refractivity contribution is -0.133. The minimum atomic E-state index is -3.87. The number of hydrogen-bond acceptors (Lipinski definition) is 5.